The molecule has 0 aliphatic carbocycles. The van der Waals surface area contributed by atoms with E-state index in [9.17, 15) is 20.3 Å². The highest BCUT2D eigenvalue weighted by atomic mass is 35.5. The number of fused-ring (bicyclic) bond motifs is 1. The third-order valence-corrected chi connectivity index (χ3v) is 7.80. The molecular formula is C35H33ClN2O7. The molecule has 45 heavy (non-hydrogen) atoms. The number of carboxylic acid groups (broad SMARTS) is 1. The van der Waals surface area contributed by atoms with Gasteiger partial charge in [0.05, 0.1) is 16.7 Å². The largest absolute Gasteiger partial charge is 0.488 e. The van der Waals surface area contributed by atoms with E-state index < -0.39 is 12.0 Å². The number of nitrogens with one attached hydrogen (secondary N) is 1. The van der Waals surface area contributed by atoms with Crippen molar-refractivity contribution in [3.05, 3.63) is 106 Å². The Morgan fingerprint density at radius 3 is 2.53 bits per heavy atom. The van der Waals surface area contributed by atoms with Gasteiger partial charge in [-0.2, -0.15) is 5.26 Å². The lowest BCUT2D eigenvalue weighted by molar-refractivity contribution is -0.140. The number of hydrogen-bond donors (Lipinski definition) is 3. The van der Waals surface area contributed by atoms with Crippen molar-refractivity contribution in [1.29, 1.82) is 5.26 Å². The summed E-state index contributed by atoms with van der Waals surface area (Å²) < 4.78 is 23.8. The van der Waals surface area contributed by atoms with Crippen LogP contribution in [0.5, 0.6) is 23.0 Å². The highest BCUT2D eigenvalue weighted by Crippen LogP contribution is 2.37. The van der Waals surface area contributed by atoms with Crippen LogP contribution in [0.4, 0.5) is 0 Å². The first kappa shape index (κ1) is 31.7. The summed E-state index contributed by atoms with van der Waals surface area (Å²) in [6.45, 7) is 3.34. The number of ether oxygens (including phenoxy) is 4. The van der Waals surface area contributed by atoms with Gasteiger partial charge >= 0.3 is 5.97 Å². The molecule has 9 nitrogen and oxygen atoms in total. The van der Waals surface area contributed by atoms with Gasteiger partial charge in [0.15, 0.2) is 11.5 Å². The lowest BCUT2D eigenvalue weighted by Crippen LogP contribution is -2.37. The summed E-state index contributed by atoms with van der Waals surface area (Å²) in [7, 11) is 0. The zero-order chi connectivity index (χ0) is 31.8. The van der Waals surface area contributed by atoms with E-state index >= 15 is 0 Å². The second-order valence-electron chi connectivity index (χ2n) is 10.5. The summed E-state index contributed by atoms with van der Waals surface area (Å²) >= 11 is 6.67. The van der Waals surface area contributed by atoms with Crippen LogP contribution < -0.4 is 24.3 Å². The van der Waals surface area contributed by atoms with Gasteiger partial charge in [-0.15, -0.1) is 0 Å². The van der Waals surface area contributed by atoms with Gasteiger partial charge in [0.2, 0.25) is 0 Å². The molecule has 0 bridgehead atoms. The van der Waals surface area contributed by atoms with E-state index in [1.165, 1.54) is 0 Å². The van der Waals surface area contributed by atoms with E-state index in [1.807, 2.05) is 49.4 Å². The molecule has 1 atom stereocenters. The SMILES string of the molecule is Cc1c(COc2cc(OCc3cccc(C#N)c3)c(CN[C@H](CCO)C(=O)O)cc2Cl)cccc1-c1ccc2c(c1)OCCO2. The zero-order valence-electron chi connectivity index (χ0n) is 24.7. The Bertz CT molecular complexity index is 1720. The summed E-state index contributed by atoms with van der Waals surface area (Å²) in [5.41, 5.74) is 5.98. The van der Waals surface area contributed by atoms with Crippen molar-refractivity contribution in [3.63, 3.8) is 0 Å². The lowest BCUT2D eigenvalue weighted by Gasteiger charge is -2.20. The number of hydrogen-bond acceptors (Lipinski definition) is 8. The number of aliphatic carboxylic acids is 1. The maximum absolute atomic E-state index is 11.6. The molecule has 0 amide bonds. The van der Waals surface area contributed by atoms with Gasteiger partial charge in [-0.3, -0.25) is 4.79 Å². The Morgan fingerprint density at radius 2 is 1.76 bits per heavy atom. The molecule has 0 aromatic heterocycles. The molecule has 0 saturated carbocycles. The summed E-state index contributed by atoms with van der Waals surface area (Å²) in [6, 6.07) is 23.6. The molecule has 1 aliphatic heterocycles. The lowest BCUT2D eigenvalue weighted by atomic mass is 9.96. The summed E-state index contributed by atoms with van der Waals surface area (Å²) in [5.74, 6) is 1.23. The number of benzene rings is 4. The molecule has 232 valence electrons. The fourth-order valence-electron chi connectivity index (χ4n) is 5.04. The maximum atomic E-state index is 11.6. The molecular weight excluding hydrogens is 596 g/mol. The Balaban J connectivity index is 1.37. The summed E-state index contributed by atoms with van der Waals surface area (Å²) in [5, 5.41) is 31.3. The average molecular weight is 629 g/mol. The summed E-state index contributed by atoms with van der Waals surface area (Å²) in [6.07, 6.45) is 0.0477. The van der Waals surface area contributed by atoms with Gasteiger partial charge in [0, 0.05) is 24.8 Å². The van der Waals surface area contributed by atoms with E-state index in [2.05, 4.69) is 11.4 Å². The predicted molar refractivity (Wildman–Crippen MR) is 169 cm³/mol. The van der Waals surface area contributed by atoms with E-state index in [4.69, 9.17) is 30.5 Å². The van der Waals surface area contributed by atoms with Crippen LogP contribution in [0.3, 0.4) is 0 Å². The van der Waals surface area contributed by atoms with Gasteiger partial charge < -0.3 is 34.5 Å². The van der Waals surface area contributed by atoms with E-state index in [0.717, 1.165) is 39.3 Å². The molecule has 10 heteroatoms. The molecule has 4 aromatic carbocycles. The molecule has 0 unspecified atom stereocenters. The zero-order valence-corrected chi connectivity index (χ0v) is 25.5. The molecule has 5 rings (SSSR count). The molecule has 0 fully saturated rings. The minimum Gasteiger partial charge on any atom is -0.488 e. The fourth-order valence-corrected chi connectivity index (χ4v) is 5.29. The van der Waals surface area contributed by atoms with Crippen LogP contribution in [0.15, 0.2) is 72.8 Å². The van der Waals surface area contributed by atoms with Crippen molar-refractivity contribution in [2.24, 2.45) is 0 Å². The van der Waals surface area contributed by atoms with Crippen LogP contribution in [0.2, 0.25) is 5.02 Å². The smallest absolute Gasteiger partial charge is 0.320 e. The second kappa shape index (κ2) is 14.8. The fraction of sp³-hybridized carbons (Fsp3) is 0.257. The van der Waals surface area contributed by atoms with E-state index in [-0.39, 0.29) is 32.8 Å². The normalized spacial score (nSPS) is 12.7. The van der Waals surface area contributed by atoms with Gasteiger partial charge in [-0.25, -0.2) is 0 Å². The van der Waals surface area contributed by atoms with Crippen molar-refractivity contribution in [3.8, 4) is 40.2 Å². The van der Waals surface area contributed by atoms with E-state index in [0.29, 0.717) is 40.9 Å². The van der Waals surface area contributed by atoms with Gasteiger partial charge in [0.1, 0.15) is 44.0 Å². The number of aliphatic hydroxyl groups is 1. The standard InChI is InChI=1S/C35H33ClN2O7/c1-22-26(6-3-7-28(22)25-8-9-31-34(16-25)43-13-12-42-31)21-45-33-17-32(44-20-24-5-2-4-23(14-24)18-37)27(15-29(33)36)19-38-30(10-11-39)35(40)41/h2-9,14-17,30,38-39H,10-13,19-21H2,1H3,(H,40,41)/t30-/m1/s1. The molecule has 0 saturated heterocycles. The maximum Gasteiger partial charge on any atom is 0.320 e. The Morgan fingerprint density at radius 1 is 0.978 bits per heavy atom. The van der Waals surface area contributed by atoms with Crippen LogP contribution in [0.25, 0.3) is 11.1 Å². The van der Waals surface area contributed by atoms with Gasteiger partial charge in [-0.1, -0.05) is 48.0 Å². The number of rotatable bonds is 13. The van der Waals surface area contributed by atoms with Crippen LogP contribution in [0, 0.1) is 18.3 Å². The molecule has 0 spiro atoms. The minimum atomic E-state index is -1.07. The van der Waals surface area contributed by atoms with Crippen molar-refractivity contribution in [2.75, 3.05) is 19.8 Å². The first-order valence-corrected chi connectivity index (χ1v) is 14.9. The highest BCUT2D eigenvalue weighted by Gasteiger charge is 2.19. The summed E-state index contributed by atoms with van der Waals surface area (Å²) in [4.78, 5) is 11.6. The van der Waals surface area contributed by atoms with Crippen LogP contribution in [0.1, 0.15) is 34.2 Å². The number of aliphatic hydroxyl groups excluding tert-OH is 1. The minimum absolute atomic E-state index is 0.0477. The quantitative estimate of drug-likeness (QED) is 0.162. The van der Waals surface area contributed by atoms with Crippen molar-refractivity contribution in [2.45, 2.75) is 39.1 Å². The van der Waals surface area contributed by atoms with Crippen LogP contribution >= 0.6 is 11.6 Å². The first-order chi connectivity index (χ1) is 21.9. The third kappa shape index (κ3) is 7.86. The first-order valence-electron chi connectivity index (χ1n) is 14.5. The number of nitrogens with zero attached hydrogens (tertiary/aromatic N) is 1. The molecule has 1 heterocycles. The van der Waals surface area contributed by atoms with Gasteiger partial charge in [-0.05, 0) is 71.5 Å². The van der Waals surface area contributed by atoms with Gasteiger partial charge in [0.25, 0.3) is 0 Å². The predicted octanol–water partition coefficient (Wildman–Crippen LogP) is 6.04. The molecule has 1 aliphatic rings. The Kier molecular flexibility index (Phi) is 10.4. The topological polar surface area (TPSA) is 130 Å². The number of carbonyl (C=O) groups is 1. The van der Waals surface area contributed by atoms with Crippen molar-refractivity contribution in [1.82, 2.24) is 5.32 Å². The number of carboxylic acids is 1. The van der Waals surface area contributed by atoms with Crippen molar-refractivity contribution < 1.29 is 34.0 Å². The van der Waals surface area contributed by atoms with Crippen molar-refractivity contribution >= 4 is 17.6 Å². The monoisotopic (exact) mass is 628 g/mol. The molecule has 3 N–H and O–H groups in total. The Labute approximate surface area is 266 Å². The Hall–Kier alpha value is -4.75. The van der Waals surface area contributed by atoms with Crippen LogP contribution in [-0.4, -0.2) is 42.0 Å². The number of halogens is 1. The highest BCUT2D eigenvalue weighted by molar-refractivity contribution is 6.32. The van der Waals surface area contributed by atoms with Crippen LogP contribution in [-0.2, 0) is 24.6 Å². The average Bonchev–Trinajstić information content (AvgIpc) is 3.05. The number of nitriles is 1. The second-order valence-corrected chi connectivity index (χ2v) is 10.9. The molecule has 4 aromatic rings. The van der Waals surface area contributed by atoms with E-state index in [1.54, 1.807) is 30.3 Å². The molecule has 0 radical (unpaired) electrons. The third-order valence-electron chi connectivity index (χ3n) is 7.50.